The van der Waals surface area contributed by atoms with E-state index in [1.807, 2.05) is 4.90 Å². The van der Waals surface area contributed by atoms with Gasteiger partial charge in [0.25, 0.3) is 5.91 Å². The molecular formula is C17H30N2O3. The van der Waals surface area contributed by atoms with Gasteiger partial charge in [-0.2, -0.15) is 0 Å². The first-order valence-corrected chi connectivity index (χ1v) is 8.82. The molecule has 0 N–H and O–H groups in total. The maximum atomic E-state index is 12.7. The van der Waals surface area contributed by atoms with Crippen molar-refractivity contribution in [2.24, 2.45) is 5.41 Å². The fourth-order valence-corrected chi connectivity index (χ4v) is 4.09. The molecule has 0 saturated carbocycles. The Kier molecular flexibility index (Phi) is 5.05. The third-order valence-corrected chi connectivity index (χ3v) is 5.38. The van der Waals surface area contributed by atoms with Crippen molar-refractivity contribution >= 4 is 5.91 Å². The summed E-state index contributed by atoms with van der Waals surface area (Å²) in [6.07, 6.45) is 3.94. The van der Waals surface area contributed by atoms with Gasteiger partial charge < -0.3 is 14.4 Å². The summed E-state index contributed by atoms with van der Waals surface area (Å²) < 4.78 is 11.5. The number of likely N-dealkylation sites (tertiary alicyclic amines) is 1. The van der Waals surface area contributed by atoms with Crippen molar-refractivity contribution in [3.05, 3.63) is 0 Å². The summed E-state index contributed by atoms with van der Waals surface area (Å²) in [6.45, 7) is 10.6. The van der Waals surface area contributed by atoms with E-state index >= 15 is 0 Å². The summed E-state index contributed by atoms with van der Waals surface area (Å²) in [6, 6.07) is 0.530. The molecule has 3 aliphatic heterocycles. The Hall–Kier alpha value is -0.650. The number of amides is 1. The Morgan fingerprint density at radius 1 is 1.18 bits per heavy atom. The highest BCUT2D eigenvalue weighted by Gasteiger charge is 2.42. The molecule has 3 saturated heterocycles. The van der Waals surface area contributed by atoms with E-state index in [4.69, 9.17) is 9.47 Å². The number of nitrogens with zero attached hydrogens (tertiary/aromatic N) is 2. The lowest BCUT2D eigenvalue weighted by molar-refractivity contribution is -0.145. The van der Waals surface area contributed by atoms with Gasteiger partial charge in [0.1, 0.15) is 6.10 Å². The van der Waals surface area contributed by atoms with Crippen LogP contribution in [0.3, 0.4) is 0 Å². The van der Waals surface area contributed by atoms with E-state index in [0.717, 1.165) is 71.7 Å². The van der Waals surface area contributed by atoms with Crippen LogP contribution in [0.1, 0.15) is 39.5 Å². The van der Waals surface area contributed by atoms with E-state index in [1.165, 1.54) is 0 Å². The molecule has 5 nitrogen and oxygen atoms in total. The van der Waals surface area contributed by atoms with Crippen LogP contribution in [-0.4, -0.2) is 73.9 Å². The monoisotopic (exact) mass is 310 g/mol. The molecule has 3 aliphatic rings. The first-order valence-electron chi connectivity index (χ1n) is 8.82. The number of ether oxygens (including phenoxy) is 2. The molecule has 5 heteroatoms. The summed E-state index contributed by atoms with van der Waals surface area (Å²) in [5.41, 5.74) is 0.104. The highest BCUT2D eigenvalue weighted by atomic mass is 16.5. The SMILES string of the molecule is CC(C)N1CCOC[C@@]2(CCCN(C(=O)[C@H]3CCCO3)C2)C1. The molecule has 22 heavy (non-hydrogen) atoms. The Labute approximate surface area is 133 Å². The maximum absolute atomic E-state index is 12.7. The van der Waals surface area contributed by atoms with Crippen molar-refractivity contribution in [3.8, 4) is 0 Å². The van der Waals surface area contributed by atoms with Crippen LogP contribution in [0.25, 0.3) is 0 Å². The van der Waals surface area contributed by atoms with Crippen LogP contribution in [0.4, 0.5) is 0 Å². The second-order valence-corrected chi connectivity index (χ2v) is 7.48. The average molecular weight is 310 g/mol. The lowest BCUT2D eigenvalue weighted by atomic mass is 9.79. The summed E-state index contributed by atoms with van der Waals surface area (Å²) in [5.74, 6) is 0.205. The van der Waals surface area contributed by atoms with Gasteiger partial charge in [0.15, 0.2) is 0 Å². The van der Waals surface area contributed by atoms with Crippen LogP contribution < -0.4 is 0 Å². The molecule has 0 aromatic carbocycles. The molecule has 3 rings (SSSR count). The fourth-order valence-electron chi connectivity index (χ4n) is 4.09. The predicted octanol–water partition coefficient (Wildman–Crippen LogP) is 1.51. The second-order valence-electron chi connectivity index (χ2n) is 7.48. The van der Waals surface area contributed by atoms with Crippen molar-refractivity contribution in [3.63, 3.8) is 0 Å². The molecule has 1 spiro atoms. The molecule has 126 valence electrons. The summed E-state index contributed by atoms with van der Waals surface area (Å²) in [5, 5.41) is 0. The number of carbonyl (C=O) groups is 1. The highest BCUT2D eigenvalue weighted by molar-refractivity contribution is 5.81. The molecule has 0 aromatic heterocycles. The third-order valence-electron chi connectivity index (χ3n) is 5.38. The molecule has 0 unspecified atom stereocenters. The van der Waals surface area contributed by atoms with Gasteiger partial charge in [-0.25, -0.2) is 0 Å². The number of piperidine rings is 1. The van der Waals surface area contributed by atoms with E-state index in [0.29, 0.717) is 6.04 Å². The van der Waals surface area contributed by atoms with E-state index in [2.05, 4.69) is 18.7 Å². The van der Waals surface area contributed by atoms with Gasteiger partial charge in [-0.15, -0.1) is 0 Å². The summed E-state index contributed by atoms with van der Waals surface area (Å²) >= 11 is 0. The number of hydrogen-bond donors (Lipinski definition) is 0. The standard InChI is InChI=1S/C17H30N2O3/c1-14(2)18-8-10-21-13-17(11-18)6-4-7-19(12-17)16(20)15-5-3-9-22-15/h14-15H,3-13H2,1-2H3/t15-,17+/m1/s1. The topological polar surface area (TPSA) is 42.0 Å². The van der Waals surface area contributed by atoms with Gasteiger partial charge in [0.2, 0.25) is 0 Å². The quantitative estimate of drug-likeness (QED) is 0.775. The van der Waals surface area contributed by atoms with Gasteiger partial charge in [-0.1, -0.05) is 0 Å². The van der Waals surface area contributed by atoms with Crippen LogP contribution in [0.2, 0.25) is 0 Å². The third kappa shape index (κ3) is 3.47. The Morgan fingerprint density at radius 2 is 2.05 bits per heavy atom. The molecule has 0 radical (unpaired) electrons. The molecule has 0 bridgehead atoms. The zero-order valence-corrected chi connectivity index (χ0v) is 14.1. The van der Waals surface area contributed by atoms with Crippen molar-refractivity contribution in [1.82, 2.24) is 9.80 Å². The van der Waals surface area contributed by atoms with Gasteiger partial charge in [0, 0.05) is 44.2 Å². The minimum absolute atomic E-state index is 0.104. The summed E-state index contributed by atoms with van der Waals surface area (Å²) in [7, 11) is 0. The first kappa shape index (κ1) is 16.2. The number of hydrogen-bond acceptors (Lipinski definition) is 4. The van der Waals surface area contributed by atoms with Gasteiger partial charge in [-0.05, 0) is 39.5 Å². The number of carbonyl (C=O) groups excluding carboxylic acids is 1. The van der Waals surface area contributed by atoms with Gasteiger partial charge in [-0.3, -0.25) is 9.69 Å². The molecule has 3 fully saturated rings. The molecule has 2 atom stereocenters. The largest absolute Gasteiger partial charge is 0.379 e. The molecule has 3 heterocycles. The van der Waals surface area contributed by atoms with E-state index in [1.54, 1.807) is 0 Å². The van der Waals surface area contributed by atoms with Crippen molar-refractivity contribution in [2.45, 2.75) is 51.7 Å². The van der Waals surface area contributed by atoms with E-state index < -0.39 is 0 Å². The summed E-state index contributed by atoms with van der Waals surface area (Å²) in [4.78, 5) is 17.2. The van der Waals surface area contributed by atoms with Crippen molar-refractivity contribution < 1.29 is 14.3 Å². The zero-order chi connectivity index (χ0) is 15.6. The first-order chi connectivity index (χ1) is 10.6. The smallest absolute Gasteiger partial charge is 0.251 e. The van der Waals surface area contributed by atoms with Crippen LogP contribution in [0, 0.1) is 5.41 Å². The fraction of sp³-hybridized carbons (Fsp3) is 0.941. The Balaban J connectivity index is 1.68. The average Bonchev–Trinajstić information content (AvgIpc) is 2.97. The van der Waals surface area contributed by atoms with E-state index in [-0.39, 0.29) is 17.4 Å². The minimum atomic E-state index is -0.192. The molecule has 1 amide bonds. The normalized spacial score (nSPS) is 34.3. The van der Waals surface area contributed by atoms with Crippen LogP contribution >= 0.6 is 0 Å². The van der Waals surface area contributed by atoms with Crippen LogP contribution in [-0.2, 0) is 14.3 Å². The molecule has 0 aromatic rings. The zero-order valence-electron chi connectivity index (χ0n) is 14.1. The van der Waals surface area contributed by atoms with Crippen molar-refractivity contribution in [1.29, 1.82) is 0 Å². The van der Waals surface area contributed by atoms with Crippen molar-refractivity contribution in [2.75, 3.05) is 46.0 Å². The number of rotatable bonds is 2. The second kappa shape index (κ2) is 6.85. The highest BCUT2D eigenvalue weighted by Crippen LogP contribution is 2.34. The van der Waals surface area contributed by atoms with Crippen LogP contribution in [0.5, 0.6) is 0 Å². The van der Waals surface area contributed by atoms with E-state index in [9.17, 15) is 4.79 Å². The minimum Gasteiger partial charge on any atom is -0.379 e. The lowest BCUT2D eigenvalue weighted by Crippen LogP contribution is -2.54. The predicted molar refractivity (Wildman–Crippen MR) is 84.7 cm³/mol. The Morgan fingerprint density at radius 3 is 2.77 bits per heavy atom. The van der Waals surface area contributed by atoms with Crippen LogP contribution in [0.15, 0.2) is 0 Å². The molecular weight excluding hydrogens is 280 g/mol. The molecule has 0 aliphatic carbocycles. The lowest BCUT2D eigenvalue weighted by Gasteiger charge is -2.44. The van der Waals surface area contributed by atoms with Gasteiger partial charge >= 0.3 is 0 Å². The maximum Gasteiger partial charge on any atom is 0.251 e. The van der Waals surface area contributed by atoms with Gasteiger partial charge in [0.05, 0.1) is 13.2 Å². The Bertz CT molecular complexity index is 395.